The molecule has 0 aliphatic carbocycles. The first-order chi connectivity index (χ1) is 12.6. The third-order valence-corrected chi connectivity index (χ3v) is 4.54. The average molecular weight is 352 g/mol. The van der Waals surface area contributed by atoms with Crippen LogP contribution >= 0.6 is 0 Å². The molecule has 0 saturated heterocycles. The molecular weight excluding hydrogens is 328 g/mol. The Labute approximate surface area is 153 Å². The van der Waals surface area contributed by atoms with Crippen molar-refractivity contribution in [3.8, 4) is 0 Å². The Hall–Kier alpha value is -2.86. The molecule has 26 heavy (non-hydrogen) atoms. The number of primary amides is 1. The highest BCUT2D eigenvalue weighted by Crippen LogP contribution is 2.18. The van der Waals surface area contributed by atoms with E-state index < -0.39 is 6.03 Å². The highest BCUT2D eigenvalue weighted by molar-refractivity contribution is 5.96. The lowest BCUT2D eigenvalue weighted by Gasteiger charge is -2.28. The van der Waals surface area contributed by atoms with Crippen LogP contribution < -0.4 is 16.4 Å². The number of fused-ring (bicyclic) bond motifs is 1. The molecule has 4 N–H and O–H groups in total. The lowest BCUT2D eigenvalue weighted by molar-refractivity contribution is 0.0951. The van der Waals surface area contributed by atoms with E-state index in [4.69, 9.17) is 5.73 Å². The van der Waals surface area contributed by atoms with Gasteiger partial charge in [-0.15, -0.1) is 0 Å². The minimum absolute atomic E-state index is 0.151. The van der Waals surface area contributed by atoms with Crippen molar-refractivity contribution >= 4 is 17.6 Å². The van der Waals surface area contributed by atoms with Crippen LogP contribution in [0.25, 0.3) is 0 Å². The van der Waals surface area contributed by atoms with E-state index in [0.717, 1.165) is 32.5 Å². The van der Waals surface area contributed by atoms with E-state index in [-0.39, 0.29) is 5.91 Å². The van der Waals surface area contributed by atoms with E-state index in [9.17, 15) is 9.59 Å². The van der Waals surface area contributed by atoms with Crippen molar-refractivity contribution in [2.45, 2.75) is 19.4 Å². The second kappa shape index (κ2) is 8.49. The van der Waals surface area contributed by atoms with E-state index in [0.29, 0.717) is 17.8 Å². The van der Waals surface area contributed by atoms with E-state index in [2.05, 4.69) is 39.8 Å². The van der Waals surface area contributed by atoms with Crippen molar-refractivity contribution in [1.82, 2.24) is 10.2 Å². The summed E-state index contributed by atoms with van der Waals surface area (Å²) in [7, 11) is 0. The number of carbonyl (C=O) groups is 2. The van der Waals surface area contributed by atoms with Crippen molar-refractivity contribution < 1.29 is 9.59 Å². The molecule has 0 fully saturated rings. The van der Waals surface area contributed by atoms with Gasteiger partial charge in [0, 0.05) is 37.4 Å². The molecule has 136 valence electrons. The summed E-state index contributed by atoms with van der Waals surface area (Å²) in [6, 6.07) is 14.7. The van der Waals surface area contributed by atoms with Gasteiger partial charge in [0.1, 0.15) is 0 Å². The number of nitrogens with two attached hydrogens (primary N) is 1. The minimum Gasteiger partial charge on any atom is -0.352 e. The van der Waals surface area contributed by atoms with Gasteiger partial charge in [-0.1, -0.05) is 30.3 Å². The predicted octanol–water partition coefficient (Wildman–Crippen LogP) is 2.36. The summed E-state index contributed by atoms with van der Waals surface area (Å²) in [6.07, 6.45) is 1.98. The predicted molar refractivity (Wildman–Crippen MR) is 102 cm³/mol. The highest BCUT2D eigenvalue weighted by Gasteiger charge is 2.15. The first-order valence-corrected chi connectivity index (χ1v) is 8.85. The summed E-state index contributed by atoms with van der Waals surface area (Å²) in [5, 5.41) is 5.40. The van der Waals surface area contributed by atoms with Crippen molar-refractivity contribution in [3.05, 3.63) is 65.2 Å². The Balaban J connectivity index is 1.43. The van der Waals surface area contributed by atoms with Crippen LogP contribution in [0.3, 0.4) is 0 Å². The van der Waals surface area contributed by atoms with Gasteiger partial charge in [0.05, 0.1) is 0 Å². The Morgan fingerprint density at radius 1 is 1.08 bits per heavy atom. The molecule has 0 aromatic heterocycles. The zero-order chi connectivity index (χ0) is 18.4. The van der Waals surface area contributed by atoms with Gasteiger partial charge in [0.15, 0.2) is 0 Å². The van der Waals surface area contributed by atoms with Crippen molar-refractivity contribution in [3.63, 3.8) is 0 Å². The van der Waals surface area contributed by atoms with Crippen LogP contribution in [0.5, 0.6) is 0 Å². The van der Waals surface area contributed by atoms with Gasteiger partial charge in [-0.2, -0.15) is 0 Å². The SMILES string of the molecule is NC(=O)Nc1cccc(C(=O)NCCCN2CCc3ccccc3C2)c1. The van der Waals surface area contributed by atoms with Gasteiger partial charge in [-0.25, -0.2) is 4.79 Å². The number of rotatable bonds is 6. The molecule has 0 radical (unpaired) electrons. The number of benzene rings is 2. The molecule has 1 heterocycles. The zero-order valence-corrected chi connectivity index (χ0v) is 14.7. The normalized spacial score (nSPS) is 13.7. The fraction of sp³-hybridized carbons (Fsp3) is 0.300. The van der Waals surface area contributed by atoms with Crippen LogP contribution in [0.15, 0.2) is 48.5 Å². The maximum Gasteiger partial charge on any atom is 0.316 e. The summed E-state index contributed by atoms with van der Waals surface area (Å²) < 4.78 is 0. The third-order valence-electron chi connectivity index (χ3n) is 4.54. The van der Waals surface area contributed by atoms with Crippen LogP contribution in [0, 0.1) is 0 Å². The smallest absolute Gasteiger partial charge is 0.316 e. The second-order valence-corrected chi connectivity index (χ2v) is 6.47. The first kappa shape index (κ1) is 17.9. The van der Waals surface area contributed by atoms with E-state index in [1.54, 1.807) is 24.3 Å². The summed E-state index contributed by atoms with van der Waals surface area (Å²) in [5.74, 6) is -0.151. The molecule has 1 aliphatic rings. The largest absolute Gasteiger partial charge is 0.352 e. The molecule has 2 aromatic carbocycles. The number of hydrogen-bond donors (Lipinski definition) is 3. The number of nitrogens with one attached hydrogen (secondary N) is 2. The van der Waals surface area contributed by atoms with Crippen molar-refractivity contribution in [1.29, 1.82) is 0 Å². The fourth-order valence-electron chi connectivity index (χ4n) is 3.23. The van der Waals surface area contributed by atoms with E-state index in [1.165, 1.54) is 11.1 Å². The van der Waals surface area contributed by atoms with Crippen LogP contribution in [-0.2, 0) is 13.0 Å². The molecule has 0 saturated carbocycles. The number of anilines is 1. The number of urea groups is 1. The van der Waals surface area contributed by atoms with Gasteiger partial charge in [-0.05, 0) is 42.2 Å². The number of amides is 3. The lowest BCUT2D eigenvalue weighted by Crippen LogP contribution is -2.33. The molecule has 3 rings (SSSR count). The minimum atomic E-state index is -0.648. The summed E-state index contributed by atoms with van der Waals surface area (Å²) in [5.41, 5.74) is 8.96. The van der Waals surface area contributed by atoms with Crippen LogP contribution in [0.4, 0.5) is 10.5 Å². The molecule has 0 spiro atoms. The summed E-state index contributed by atoms with van der Waals surface area (Å²) >= 11 is 0. The topological polar surface area (TPSA) is 87.5 Å². The zero-order valence-electron chi connectivity index (χ0n) is 14.7. The van der Waals surface area contributed by atoms with Gasteiger partial charge >= 0.3 is 6.03 Å². The lowest BCUT2D eigenvalue weighted by atomic mass is 10.00. The Morgan fingerprint density at radius 2 is 1.88 bits per heavy atom. The number of carbonyl (C=O) groups excluding carboxylic acids is 2. The van der Waals surface area contributed by atoms with Gasteiger partial charge in [0.2, 0.25) is 0 Å². The maximum atomic E-state index is 12.2. The molecule has 1 aliphatic heterocycles. The van der Waals surface area contributed by atoms with Gasteiger partial charge in [0.25, 0.3) is 5.91 Å². The monoisotopic (exact) mass is 352 g/mol. The third kappa shape index (κ3) is 4.83. The Bertz CT molecular complexity index is 791. The van der Waals surface area contributed by atoms with Crippen LogP contribution in [-0.4, -0.2) is 36.5 Å². The molecular formula is C20H24N4O2. The first-order valence-electron chi connectivity index (χ1n) is 8.85. The van der Waals surface area contributed by atoms with Crippen molar-refractivity contribution in [2.24, 2.45) is 5.73 Å². The standard InChI is InChI=1S/C20H24N4O2/c21-20(26)23-18-8-3-7-16(13-18)19(25)22-10-4-11-24-12-9-15-5-1-2-6-17(15)14-24/h1-3,5-8,13H,4,9-12,14H2,(H,22,25)(H3,21,23,26). The Kier molecular flexibility index (Phi) is 5.86. The maximum absolute atomic E-state index is 12.2. The number of nitrogens with zero attached hydrogens (tertiary/aromatic N) is 1. The van der Waals surface area contributed by atoms with E-state index >= 15 is 0 Å². The molecule has 6 heteroatoms. The molecule has 0 bridgehead atoms. The molecule has 0 unspecified atom stereocenters. The molecule has 2 aromatic rings. The second-order valence-electron chi connectivity index (χ2n) is 6.47. The Morgan fingerprint density at radius 3 is 2.69 bits per heavy atom. The molecule has 3 amide bonds. The molecule has 0 atom stereocenters. The van der Waals surface area contributed by atoms with Crippen molar-refractivity contribution in [2.75, 3.05) is 25.0 Å². The number of hydrogen-bond acceptors (Lipinski definition) is 3. The average Bonchev–Trinajstić information content (AvgIpc) is 2.64. The summed E-state index contributed by atoms with van der Waals surface area (Å²) in [6.45, 7) is 3.61. The fourth-order valence-corrected chi connectivity index (χ4v) is 3.23. The summed E-state index contributed by atoms with van der Waals surface area (Å²) in [4.78, 5) is 25.5. The quantitative estimate of drug-likeness (QED) is 0.698. The van der Waals surface area contributed by atoms with Gasteiger partial charge in [-0.3, -0.25) is 9.69 Å². The van der Waals surface area contributed by atoms with Crippen LogP contribution in [0.2, 0.25) is 0 Å². The van der Waals surface area contributed by atoms with Crippen LogP contribution in [0.1, 0.15) is 27.9 Å². The van der Waals surface area contributed by atoms with Gasteiger partial charge < -0.3 is 16.4 Å². The highest BCUT2D eigenvalue weighted by atomic mass is 16.2. The van der Waals surface area contributed by atoms with E-state index in [1.807, 2.05) is 0 Å². The molecule has 6 nitrogen and oxygen atoms in total.